The lowest BCUT2D eigenvalue weighted by atomic mass is 10.1. The molecular weight excluding hydrogens is 353 g/mol. The van der Waals surface area contributed by atoms with E-state index in [1.807, 2.05) is 6.92 Å². The van der Waals surface area contributed by atoms with E-state index in [4.69, 9.17) is 16.3 Å². The number of sulfonamides is 1. The van der Waals surface area contributed by atoms with E-state index < -0.39 is 27.6 Å². The van der Waals surface area contributed by atoms with Gasteiger partial charge in [0.05, 0.1) is 12.4 Å². The van der Waals surface area contributed by atoms with Crippen LogP contribution in [0.4, 0.5) is 4.39 Å². The standard InChI is InChI=1S/C17H19ClFNO3S/c1-3-23-14-9-7-13(8-10-14)12(2)20-24(21,22)11-15-16(18)5-4-6-17(15)19/h4-10,12,20H,3,11H2,1-2H3/t12-/m0/s1. The topological polar surface area (TPSA) is 55.4 Å². The Morgan fingerprint density at radius 3 is 2.46 bits per heavy atom. The van der Waals surface area contributed by atoms with E-state index in [9.17, 15) is 12.8 Å². The van der Waals surface area contributed by atoms with Gasteiger partial charge in [-0.05, 0) is 43.7 Å². The largest absolute Gasteiger partial charge is 0.494 e. The second kappa shape index (κ2) is 7.96. The van der Waals surface area contributed by atoms with Crippen LogP contribution >= 0.6 is 11.6 Å². The van der Waals surface area contributed by atoms with Gasteiger partial charge in [0.15, 0.2) is 0 Å². The molecule has 2 aromatic carbocycles. The fourth-order valence-corrected chi connectivity index (χ4v) is 4.00. The molecule has 0 unspecified atom stereocenters. The van der Waals surface area contributed by atoms with Gasteiger partial charge in [-0.25, -0.2) is 17.5 Å². The third-order valence-corrected chi connectivity index (χ3v) is 5.18. The minimum absolute atomic E-state index is 0.0365. The van der Waals surface area contributed by atoms with Crippen LogP contribution in [-0.4, -0.2) is 15.0 Å². The van der Waals surface area contributed by atoms with Crippen LogP contribution in [0.1, 0.15) is 31.0 Å². The number of hydrogen-bond donors (Lipinski definition) is 1. The van der Waals surface area contributed by atoms with Crippen molar-refractivity contribution < 1.29 is 17.5 Å². The van der Waals surface area contributed by atoms with E-state index in [-0.39, 0.29) is 10.6 Å². The molecule has 0 bridgehead atoms. The highest BCUT2D eigenvalue weighted by Crippen LogP contribution is 2.23. The van der Waals surface area contributed by atoms with Crippen LogP contribution in [0, 0.1) is 5.82 Å². The normalized spacial score (nSPS) is 12.8. The van der Waals surface area contributed by atoms with Crippen LogP contribution in [0.25, 0.3) is 0 Å². The molecule has 0 aliphatic carbocycles. The average molecular weight is 372 g/mol. The average Bonchev–Trinajstić information content (AvgIpc) is 2.52. The maximum atomic E-state index is 13.8. The fraction of sp³-hybridized carbons (Fsp3) is 0.294. The van der Waals surface area contributed by atoms with Crippen molar-refractivity contribution in [1.82, 2.24) is 4.72 Å². The number of hydrogen-bond acceptors (Lipinski definition) is 3. The van der Waals surface area contributed by atoms with E-state index >= 15 is 0 Å². The summed E-state index contributed by atoms with van der Waals surface area (Å²) in [6.07, 6.45) is 0. The Bertz CT molecular complexity index is 774. The second-order valence-corrected chi connectivity index (χ2v) is 7.46. The summed E-state index contributed by atoms with van der Waals surface area (Å²) >= 11 is 5.89. The van der Waals surface area contributed by atoms with Crippen LogP contribution in [0.5, 0.6) is 5.75 Å². The maximum Gasteiger partial charge on any atom is 0.216 e. The Balaban J connectivity index is 2.10. The molecule has 7 heteroatoms. The lowest BCUT2D eigenvalue weighted by Crippen LogP contribution is -2.28. The van der Waals surface area contributed by atoms with Crippen LogP contribution < -0.4 is 9.46 Å². The maximum absolute atomic E-state index is 13.8. The molecule has 2 aromatic rings. The Morgan fingerprint density at radius 1 is 1.21 bits per heavy atom. The predicted octanol–water partition coefficient (Wildman–Crippen LogP) is 4.06. The van der Waals surface area contributed by atoms with Crippen molar-refractivity contribution in [3.05, 3.63) is 64.4 Å². The zero-order chi connectivity index (χ0) is 17.7. The van der Waals surface area contributed by atoms with Crippen molar-refractivity contribution in [3.8, 4) is 5.75 Å². The number of rotatable bonds is 7. The smallest absolute Gasteiger partial charge is 0.216 e. The molecule has 0 radical (unpaired) electrons. The zero-order valence-corrected chi connectivity index (χ0v) is 15.0. The van der Waals surface area contributed by atoms with Crippen molar-refractivity contribution in [2.75, 3.05) is 6.61 Å². The molecule has 130 valence electrons. The molecular formula is C17H19ClFNO3S. The van der Waals surface area contributed by atoms with Gasteiger partial charge < -0.3 is 4.74 Å². The van der Waals surface area contributed by atoms with E-state index in [2.05, 4.69) is 4.72 Å². The van der Waals surface area contributed by atoms with Crippen molar-refractivity contribution in [2.45, 2.75) is 25.6 Å². The summed E-state index contributed by atoms with van der Waals surface area (Å²) in [5, 5.41) is 0.0918. The third-order valence-electron chi connectivity index (χ3n) is 3.44. The number of nitrogens with one attached hydrogen (secondary N) is 1. The summed E-state index contributed by atoms with van der Waals surface area (Å²) in [6, 6.07) is 10.7. The summed E-state index contributed by atoms with van der Waals surface area (Å²) in [7, 11) is -3.75. The highest BCUT2D eigenvalue weighted by atomic mass is 35.5. The SMILES string of the molecule is CCOc1ccc([C@H](C)NS(=O)(=O)Cc2c(F)cccc2Cl)cc1. The van der Waals surface area contributed by atoms with Gasteiger partial charge in [0.2, 0.25) is 10.0 Å². The third kappa shape index (κ3) is 4.93. The lowest BCUT2D eigenvalue weighted by molar-refractivity contribution is 0.340. The first-order valence-corrected chi connectivity index (χ1v) is 9.51. The van der Waals surface area contributed by atoms with Crippen LogP contribution in [0.2, 0.25) is 5.02 Å². The van der Waals surface area contributed by atoms with Gasteiger partial charge >= 0.3 is 0 Å². The summed E-state index contributed by atoms with van der Waals surface area (Å²) in [5.74, 6) is -0.434. The minimum atomic E-state index is -3.75. The van der Waals surface area contributed by atoms with Crippen LogP contribution in [0.15, 0.2) is 42.5 Å². The number of halogens is 2. The quantitative estimate of drug-likeness (QED) is 0.798. The number of ether oxygens (including phenoxy) is 1. The molecule has 0 amide bonds. The fourth-order valence-electron chi connectivity index (χ4n) is 2.26. The van der Waals surface area contributed by atoms with Gasteiger partial charge in [-0.1, -0.05) is 29.8 Å². The number of benzene rings is 2. The molecule has 4 nitrogen and oxygen atoms in total. The monoisotopic (exact) mass is 371 g/mol. The molecule has 0 heterocycles. The summed E-state index contributed by atoms with van der Waals surface area (Å²) in [6.45, 7) is 4.17. The Morgan fingerprint density at radius 2 is 1.88 bits per heavy atom. The first-order valence-electron chi connectivity index (χ1n) is 7.48. The van der Waals surface area contributed by atoms with Gasteiger partial charge in [-0.3, -0.25) is 0 Å². The highest BCUT2D eigenvalue weighted by molar-refractivity contribution is 7.88. The van der Waals surface area contributed by atoms with E-state index in [0.29, 0.717) is 6.61 Å². The predicted molar refractivity (Wildman–Crippen MR) is 93.2 cm³/mol. The highest BCUT2D eigenvalue weighted by Gasteiger charge is 2.20. The molecule has 0 spiro atoms. The van der Waals surface area contributed by atoms with Gasteiger partial charge in [0.25, 0.3) is 0 Å². The Labute approximate surface area is 146 Å². The molecule has 0 fully saturated rings. The summed E-state index contributed by atoms with van der Waals surface area (Å²) in [5.41, 5.74) is 0.743. The molecule has 2 rings (SSSR count). The first-order chi connectivity index (χ1) is 11.3. The van der Waals surface area contributed by atoms with Crippen LogP contribution in [0.3, 0.4) is 0 Å². The molecule has 24 heavy (non-hydrogen) atoms. The van der Waals surface area contributed by atoms with Crippen molar-refractivity contribution >= 4 is 21.6 Å². The lowest BCUT2D eigenvalue weighted by Gasteiger charge is -2.16. The molecule has 0 aromatic heterocycles. The van der Waals surface area contributed by atoms with Crippen molar-refractivity contribution in [1.29, 1.82) is 0 Å². The van der Waals surface area contributed by atoms with Gasteiger partial charge in [-0.15, -0.1) is 0 Å². The summed E-state index contributed by atoms with van der Waals surface area (Å²) < 4.78 is 46.2. The molecule has 0 saturated heterocycles. The van der Waals surface area contributed by atoms with E-state index in [1.165, 1.54) is 18.2 Å². The Hall–Kier alpha value is -1.63. The van der Waals surface area contributed by atoms with E-state index in [1.54, 1.807) is 31.2 Å². The molecule has 0 aliphatic rings. The van der Waals surface area contributed by atoms with Crippen molar-refractivity contribution in [3.63, 3.8) is 0 Å². The minimum Gasteiger partial charge on any atom is -0.494 e. The van der Waals surface area contributed by atoms with Crippen LogP contribution in [-0.2, 0) is 15.8 Å². The van der Waals surface area contributed by atoms with Gasteiger partial charge in [-0.2, -0.15) is 0 Å². The van der Waals surface area contributed by atoms with E-state index in [0.717, 1.165) is 11.3 Å². The summed E-state index contributed by atoms with van der Waals surface area (Å²) in [4.78, 5) is 0. The van der Waals surface area contributed by atoms with Gasteiger partial charge in [0, 0.05) is 16.6 Å². The molecule has 0 saturated carbocycles. The molecule has 1 N–H and O–H groups in total. The molecule has 0 aliphatic heterocycles. The Kier molecular flexibility index (Phi) is 6.21. The molecule has 1 atom stereocenters. The second-order valence-electron chi connectivity index (χ2n) is 5.30. The van der Waals surface area contributed by atoms with Gasteiger partial charge in [0.1, 0.15) is 11.6 Å². The first kappa shape index (κ1) is 18.7. The van der Waals surface area contributed by atoms with Crippen molar-refractivity contribution in [2.24, 2.45) is 0 Å². The zero-order valence-electron chi connectivity index (χ0n) is 13.4.